The summed E-state index contributed by atoms with van der Waals surface area (Å²) in [6, 6.07) is 0.644. The second-order valence-corrected chi connectivity index (χ2v) is 3.85. The van der Waals surface area contributed by atoms with E-state index in [-0.39, 0.29) is 0 Å². The van der Waals surface area contributed by atoms with Gasteiger partial charge in [-0.3, -0.25) is 0 Å². The Morgan fingerprint density at radius 2 is 1.85 bits per heavy atom. The lowest BCUT2D eigenvalue weighted by Crippen LogP contribution is -2.30. The largest absolute Gasteiger partial charge is 0.329 e. The molecule has 1 atom stereocenters. The molecule has 3 N–H and O–H groups in total. The number of nitrogens with one attached hydrogen (secondary N) is 1. The highest BCUT2D eigenvalue weighted by atomic mass is 14.9. The molecule has 0 radical (unpaired) electrons. The summed E-state index contributed by atoms with van der Waals surface area (Å²) in [5, 5.41) is 3.40. The Kier molecular flexibility index (Phi) is 9.94. The van der Waals surface area contributed by atoms with Gasteiger partial charge in [0.2, 0.25) is 0 Å². The molecule has 2 heteroatoms. The van der Waals surface area contributed by atoms with E-state index in [1.165, 1.54) is 38.5 Å². The summed E-state index contributed by atoms with van der Waals surface area (Å²) in [7, 11) is 0. The SMILES string of the molecule is CCCCCCCC(C)NCCN. The van der Waals surface area contributed by atoms with Crippen molar-refractivity contribution >= 4 is 0 Å². The highest BCUT2D eigenvalue weighted by Crippen LogP contribution is 2.06. The van der Waals surface area contributed by atoms with Crippen LogP contribution in [0.25, 0.3) is 0 Å². The molecule has 13 heavy (non-hydrogen) atoms. The van der Waals surface area contributed by atoms with E-state index in [9.17, 15) is 0 Å². The smallest absolute Gasteiger partial charge is 0.00769 e. The van der Waals surface area contributed by atoms with Gasteiger partial charge in [0.25, 0.3) is 0 Å². The van der Waals surface area contributed by atoms with Gasteiger partial charge in [-0.15, -0.1) is 0 Å². The van der Waals surface area contributed by atoms with Gasteiger partial charge in [0.05, 0.1) is 0 Å². The van der Waals surface area contributed by atoms with Crippen molar-refractivity contribution in [3.63, 3.8) is 0 Å². The lowest BCUT2D eigenvalue weighted by molar-refractivity contribution is 0.485. The van der Waals surface area contributed by atoms with E-state index < -0.39 is 0 Å². The van der Waals surface area contributed by atoms with Crippen LogP contribution in [-0.2, 0) is 0 Å². The number of hydrogen-bond donors (Lipinski definition) is 2. The predicted octanol–water partition coefficient (Wildman–Crippen LogP) is 2.28. The van der Waals surface area contributed by atoms with Gasteiger partial charge < -0.3 is 11.1 Å². The molecule has 0 aliphatic heterocycles. The molecular weight excluding hydrogens is 160 g/mol. The molecule has 0 aromatic heterocycles. The van der Waals surface area contributed by atoms with Crippen LogP contribution < -0.4 is 11.1 Å². The molecule has 0 amide bonds. The van der Waals surface area contributed by atoms with Crippen molar-refractivity contribution in [3.05, 3.63) is 0 Å². The summed E-state index contributed by atoms with van der Waals surface area (Å²) in [4.78, 5) is 0. The minimum absolute atomic E-state index is 0.644. The van der Waals surface area contributed by atoms with Crippen LogP contribution in [0.5, 0.6) is 0 Å². The van der Waals surface area contributed by atoms with Crippen molar-refractivity contribution in [2.75, 3.05) is 13.1 Å². The number of hydrogen-bond acceptors (Lipinski definition) is 2. The molecule has 1 unspecified atom stereocenters. The van der Waals surface area contributed by atoms with Crippen LogP contribution in [0.3, 0.4) is 0 Å². The lowest BCUT2D eigenvalue weighted by Gasteiger charge is -2.12. The van der Waals surface area contributed by atoms with Crippen molar-refractivity contribution in [2.24, 2.45) is 5.73 Å². The van der Waals surface area contributed by atoms with Crippen LogP contribution >= 0.6 is 0 Å². The van der Waals surface area contributed by atoms with E-state index in [1.54, 1.807) is 0 Å². The van der Waals surface area contributed by atoms with Crippen molar-refractivity contribution in [1.29, 1.82) is 0 Å². The summed E-state index contributed by atoms with van der Waals surface area (Å²) < 4.78 is 0. The van der Waals surface area contributed by atoms with E-state index in [0.717, 1.165) is 13.1 Å². The topological polar surface area (TPSA) is 38.0 Å². The first-order valence-corrected chi connectivity index (χ1v) is 5.74. The van der Waals surface area contributed by atoms with Crippen LogP contribution in [0.15, 0.2) is 0 Å². The van der Waals surface area contributed by atoms with E-state index in [1.807, 2.05) is 0 Å². The minimum atomic E-state index is 0.644. The fourth-order valence-electron chi connectivity index (χ4n) is 1.49. The van der Waals surface area contributed by atoms with Gasteiger partial charge in [-0.05, 0) is 13.3 Å². The van der Waals surface area contributed by atoms with E-state index in [0.29, 0.717) is 6.04 Å². The number of rotatable bonds is 9. The maximum absolute atomic E-state index is 5.41. The molecule has 2 nitrogen and oxygen atoms in total. The van der Waals surface area contributed by atoms with E-state index in [2.05, 4.69) is 19.2 Å². The van der Waals surface area contributed by atoms with Gasteiger partial charge in [-0.1, -0.05) is 39.0 Å². The third kappa shape index (κ3) is 9.84. The Morgan fingerprint density at radius 1 is 1.15 bits per heavy atom. The van der Waals surface area contributed by atoms with Gasteiger partial charge in [0, 0.05) is 19.1 Å². The molecule has 0 bridgehead atoms. The summed E-state index contributed by atoms with van der Waals surface area (Å²) in [5.74, 6) is 0. The van der Waals surface area contributed by atoms with Crippen LogP contribution in [0.4, 0.5) is 0 Å². The van der Waals surface area contributed by atoms with Crippen molar-refractivity contribution < 1.29 is 0 Å². The monoisotopic (exact) mass is 186 g/mol. The third-order valence-corrected chi connectivity index (χ3v) is 2.38. The summed E-state index contributed by atoms with van der Waals surface area (Å²) in [6.07, 6.45) is 8.18. The van der Waals surface area contributed by atoms with Crippen LogP contribution in [0.1, 0.15) is 52.4 Å². The standard InChI is InChI=1S/C11H26N2/c1-3-4-5-6-7-8-11(2)13-10-9-12/h11,13H,3-10,12H2,1-2H3. The van der Waals surface area contributed by atoms with E-state index in [4.69, 9.17) is 5.73 Å². The first-order chi connectivity index (χ1) is 6.31. The Balaban J connectivity index is 3.03. The zero-order valence-electron chi connectivity index (χ0n) is 9.31. The molecule has 0 rings (SSSR count). The summed E-state index contributed by atoms with van der Waals surface area (Å²) in [6.45, 7) is 6.21. The van der Waals surface area contributed by atoms with Crippen molar-refractivity contribution in [2.45, 2.75) is 58.4 Å². The first-order valence-electron chi connectivity index (χ1n) is 5.74. The maximum atomic E-state index is 5.41. The molecular formula is C11H26N2. The third-order valence-electron chi connectivity index (χ3n) is 2.38. The highest BCUT2D eigenvalue weighted by Gasteiger charge is 1.98. The minimum Gasteiger partial charge on any atom is -0.329 e. The molecule has 0 saturated heterocycles. The Bertz CT molecular complexity index is 94.1. The van der Waals surface area contributed by atoms with Crippen molar-refractivity contribution in [1.82, 2.24) is 5.32 Å². The zero-order chi connectivity index (χ0) is 9.94. The van der Waals surface area contributed by atoms with Gasteiger partial charge in [0.15, 0.2) is 0 Å². The average Bonchev–Trinajstić information content (AvgIpc) is 2.14. The van der Waals surface area contributed by atoms with Gasteiger partial charge in [-0.2, -0.15) is 0 Å². The molecule has 80 valence electrons. The lowest BCUT2D eigenvalue weighted by atomic mass is 10.1. The summed E-state index contributed by atoms with van der Waals surface area (Å²) >= 11 is 0. The first kappa shape index (κ1) is 12.9. The van der Waals surface area contributed by atoms with Gasteiger partial charge in [0.1, 0.15) is 0 Å². The second-order valence-electron chi connectivity index (χ2n) is 3.85. The molecule has 0 saturated carbocycles. The second kappa shape index (κ2) is 10.0. The Morgan fingerprint density at radius 3 is 2.46 bits per heavy atom. The Hall–Kier alpha value is -0.0800. The predicted molar refractivity (Wildman–Crippen MR) is 59.9 cm³/mol. The van der Waals surface area contributed by atoms with Crippen LogP contribution in [-0.4, -0.2) is 19.1 Å². The highest BCUT2D eigenvalue weighted by molar-refractivity contribution is 4.60. The average molecular weight is 186 g/mol. The van der Waals surface area contributed by atoms with Gasteiger partial charge >= 0.3 is 0 Å². The zero-order valence-corrected chi connectivity index (χ0v) is 9.31. The fourth-order valence-corrected chi connectivity index (χ4v) is 1.49. The summed E-state index contributed by atoms with van der Waals surface area (Å²) in [5.41, 5.74) is 5.41. The molecule has 0 aliphatic rings. The molecule has 0 spiro atoms. The number of unbranched alkanes of at least 4 members (excludes halogenated alkanes) is 4. The van der Waals surface area contributed by atoms with Crippen LogP contribution in [0.2, 0.25) is 0 Å². The molecule has 0 aromatic rings. The Labute approximate surface area is 83.3 Å². The fraction of sp³-hybridized carbons (Fsp3) is 1.00. The number of nitrogens with two attached hydrogens (primary N) is 1. The maximum Gasteiger partial charge on any atom is 0.00769 e. The van der Waals surface area contributed by atoms with Crippen LogP contribution in [0, 0.1) is 0 Å². The molecule has 0 aromatic carbocycles. The normalized spacial score (nSPS) is 13.2. The molecule has 0 aliphatic carbocycles. The van der Waals surface area contributed by atoms with Gasteiger partial charge in [-0.25, -0.2) is 0 Å². The molecule has 0 heterocycles. The quantitative estimate of drug-likeness (QED) is 0.542. The molecule has 0 fully saturated rings. The van der Waals surface area contributed by atoms with E-state index >= 15 is 0 Å². The van der Waals surface area contributed by atoms with Crippen molar-refractivity contribution in [3.8, 4) is 0 Å².